The Kier molecular flexibility index (Phi) is 18.1. The molecule has 4 N–H and O–H groups in total. The van der Waals surface area contributed by atoms with Gasteiger partial charge in [-0.15, -0.1) is 0 Å². The molecule has 6 heteroatoms. The molecule has 6 aromatic carbocycles. The van der Waals surface area contributed by atoms with Crippen LogP contribution in [-0.2, 0) is 22.0 Å². The van der Waals surface area contributed by atoms with Crippen molar-refractivity contribution in [1.29, 1.82) is 0 Å². The molecular weight excluding hydrogens is 861 g/mol. The number of hydrogen-bond donors (Lipinski definition) is 4. The lowest BCUT2D eigenvalue weighted by Crippen LogP contribution is -2.44. The highest BCUT2D eigenvalue weighted by atomic mass is 16.3. The summed E-state index contributed by atoms with van der Waals surface area (Å²) in [6.07, 6.45) is 6.47. The van der Waals surface area contributed by atoms with Crippen LogP contribution >= 0.6 is 0 Å². The molecule has 2 saturated heterocycles. The van der Waals surface area contributed by atoms with Crippen molar-refractivity contribution in [2.24, 2.45) is 11.8 Å². The molecule has 0 amide bonds. The lowest BCUT2D eigenvalue weighted by Gasteiger charge is -2.42. The molecule has 372 valence electrons. The number of piperidine rings is 2. The van der Waals surface area contributed by atoms with E-state index in [0.29, 0.717) is 0 Å². The Morgan fingerprint density at radius 2 is 0.643 bits per heavy atom. The van der Waals surface area contributed by atoms with Crippen molar-refractivity contribution in [3.8, 4) is 0 Å². The van der Waals surface area contributed by atoms with Crippen LogP contribution in [0.4, 0.5) is 0 Å². The number of likely N-dealkylation sites (tertiary alicyclic amines) is 2. The molecule has 2 atom stereocenters. The highest BCUT2D eigenvalue weighted by Gasteiger charge is 2.43. The first kappa shape index (κ1) is 52.9. The number of nitrogens with zero attached hydrogens (tertiary/aromatic N) is 2. The zero-order valence-corrected chi connectivity index (χ0v) is 43.1. The lowest BCUT2D eigenvalue weighted by molar-refractivity contribution is -0.0148. The van der Waals surface area contributed by atoms with E-state index in [-0.39, 0.29) is 22.7 Å². The second-order valence-corrected chi connectivity index (χ2v) is 22.3. The quantitative estimate of drug-likeness (QED) is 0.0773. The van der Waals surface area contributed by atoms with Crippen molar-refractivity contribution in [2.75, 3.05) is 39.3 Å². The van der Waals surface area contributed by atoms with Gasteiger partial charge < -0.3 is 30.2 Å². The van der Waals surface area contributed by atoms with E-state index in [4.69, 9.17) is 0 Å². The Morgan fingerprint density at radius 1 is 0.386 bits per heavy atom. The second kappa shape index (κ2) is 24.0. The van der Waals surface area contributed by atoms with Gasteiger partial charge in [0.1, 0.15) is 11.2 Å². The van der Waals surface area contributed by atoms with Crippen molar-refractivity contribution < 1.29 is 20.4 Å². The Labute approximate surface area is 421 Å². The zero-order chi connectivity index (χ0) is 49.8. The van der Waals surface area contributed by atoms with E-state index in [1.54, 1.807) is 0 Å². The molecule has 2 fully saturated rings. The summed E-state index contributed by atoms with van der Waals surface area (Å²) in [5, 5.41) is 45.5. The van der Waals surface area contributed by atoms with Crippen LogP contribution in [-0.4, -0.2) is 69.5 Å². The highest BCUT2D eigenvalue weighted by Crippen LogP contribution is 2.43. The van der Waals surface area contributed by atoms with E-state index in [1.165, 1.54) is 11.1 Å². The fraction of sp³-hybridized carbons (Fsp3) is 0.438. The number of aliphatic hydroxyl groups is 4. The van der Waals surface area contributed by atoms with Gasteiger partial charge in [0.05, 0.1) is 12.2 Å². The molecule has 2 unspecified atom stereocenters. The molecule has 0 spiro atoms. The molecule has 0 bridgehead atoms. The van der Waals surface area contributed by atoms with E-state index >= 15 is 0 Å². The smallest absolute Gasteiger partial charge is 0.117 e. The van der Waals surface area contributed by atoms with Gasteiger partial charge in [-0.2, -0.15) is 0 Å². The number of aliphatic hydroxyl groups excluding tert-OH is 2. The summed E-state index contributed by atoms with van der Waals surface area (Å²) in [6, 6.07) is 57.4. The van der Waals surface area contributed by atoms with Crippen molar-refractivity contribution in [1.82, 2.24) is 9.80 Å². The second-order valence-electron chi connectivity index (χ2n) is 22.3. The minimum atomic E-state index is -0.968. The Balaban J connectivity index is 0.000000206. The topological polar surface area (TPSA) is 87.4 Å². The van der Waals surface area contributed by atoms with Crippen LogP contribution in [0.2, 0.25) is 0 Å². The molecule has 70 heavy (non-hydrogen) atoms. The maximum absolute atomic E-state index is 12.1. The van der Waals surface area contributed by atoms with E-state index in [0.717, 1.165) is 124 Å². The summed E-state index contributed by atoms with van der Waals surface area (Å²) >= 11 is 0. The van der Waals surface area contributed by atoms with Crippen LogP contribution in [0.5, 0.6) is 0 Å². The van der Waals surface area contributed by atoms with Crippen molar-refractivity contribution >= 4 is 0 Å². The minimum absolute atomic E-state index is 0.128. The van der Waals surface area contributed by atoms with Crippen molar-refractivity contribution in [2.45, 2.75) is 127 Å². The molecule has 6 nitrogen and oxygen atoms in total. The van der Waals surface area contributed by atoms with E-state index in [9.17, 15) is 20.4 Å². The number of benzene rings is 6. The molecule has 2 heterocycles. The summed E-state index contributed by atoms with van der Waals surface area (Å²) < 4.78 is 0. The standard InChI is InChI=1S/2C32H41NO2/c2*1-31(2,3)26-18-16-25(17-19-26)30(34)15-10-22-33-23-20-29(21-24-33)32(35,27-11-6-4-7-12-27)28-13-8-5-9-14-28/h2*4-9,11-14,16-19,29-30,34-35H,10,15,20-24H2,1-3H3. The van der Waals surface area contributed by atoms with Gasteiger partial charge in [0.15, 0.2) is 0 Å². The third-order valence-corrected chi connectivity index (χ3v) is 15.4. The molecule has 0 aromatic heterocycles. The van der Waals surface area contributed by atoms with Gasteiger partial charge >= 0.3 is 0 Å². The molecule has 2 aliphatic heterocycles. The fourth-order valence-electron chi connectivity index (χ4n) is 11.0. The van der Waals surface area contributed by atoms with E-state index in [1.807, 2.05) is 72.8 Å². The van der Waals surface area contributed by atoms with Crippen molar-refractivity contribution in [3.05, 3.63) is 214 Å². The first-order valence-electron chi connectivity index (χ1n) is 26.3. The Bertz CT molecular complexity index is 2160. The average molecular weight is 943 g/mol. The maximum Gasteiger partial charge on any atom is 0.117 e. The molecule has 0 saturated carbocycles. The normalized spacial score (nSPS) is 16.8. The monoisotopic (exact) mass is 943 g/mol. The third-order valence-electron chi connectivity index (χ3n) is 15.4. The van der Waals surface area contributed by atoms with E-state index < -0.39 is 23.4 Å². The minimum Gasteiger partial charge on any atom is -0.388 e. The van der Waals surface area contributed by atoms with Gasteiger partial charge in [0, 0.05) is 0 Å². The maximum atomic E-state index is 12.1. The van der Waals surface area contributed by atoms with Crippen LogP contribution < -0.4 is 0 Å². The summed E-state index contributed by atoms with van der Waals surface area (Å²) in [7, 11) is 0. The zero-order valence-electron chi connectivity index (χ0n) is 43.1. The van der Waals surface area contributed by atoms with Gasteiger partial charge in [0.2, 0.25) is 0 Å². The number of rotatable bonds is 16. The van der Waals surface area contributed by atoms with Gasteiger partial charge in [0.25, 0.3) is 0 Å². The van der Waals surface area contributed by atoms with Crippen LogP contribution in [0.15, 0.2) is 170 Å². The Hall–Kier alpha value is -4.92. The number of hydrogen-bond acceptors (Lipinski definition) is 6. The Morgan fingerprint density at radius 3 is 0.886 bits per heavy atom. The van der Waals surface area contributed by atoms with Gasteiger partial charge in [-0.25, -0.2) is 0 Å². The van der Waals surface area contributed by atoms with Gasteiger partial charge in [-0.3, -0.25) is 0 Å². The first-order valence-corrected chi connectivity index (χ1v) is 26.3. The molecule has 8 rings (SSSR count). The lowest BCUT2D eigenvalue weighted by atomic mass is 9.72. The fourth-order valence-corrected chi connectivity index (χ4v) is 11.0. The first-order chi connectivity index (χ1) is 33.6. The third kappa shape index (κ3) is 13.3. The summed E-state index contributed by atoms with van der Waals surface area (Å²) in [5.74, 6) is 0.353. The highest BCUT2D eigenvalue weighted by molar-refractivity contribution is 5.39. The summed E-state index contributed by atoms with van der Waals surface area (Å²) in [5.41, 5.74) is 6.83. The molecule has 0 radical (unpaired) electrons. The molecule has 2 aliphatic rings. The van der Waals surface area contributed by atoms with Crippen molar-refractivity contribution in [3.63, 3.8) is 0 Å². The van der Waals surface area contributed by atoms with Crippen LogP contribution in [0, 0.1) is 11.8 Å². The van der Waals surface area contributed by atoms with Crippen LogP contribution in [0.25, 0.3) is 0 Å². The molecule has 6 aromatic rings. The molecular formula is C64H82N2O4. The summed E-state index contributed by atoms with van der Waals surface area (Å²) in [4.78, 5) is 4.98. The average Bonchev–Trinajstić information content (AvgIpc) is 3.39. The summed E-state index contributed by atoms with van der Waals surface area (Å²) in [6.45, 7) is 19.1. The predicted octanol–water partition coefficient (Wildman–Crippen LogP) is 12.9. The van der Waals surface area contributed by atoms with Gasteiger partial charge in [-0.1, -0.05) is 211 Å². The van der Waals surface area contributed by atoms with Gasteiger partial charge in [-0.05, 0) is 158 Å². The van der Waals surface area contributed by atoms with E-state index in [2.05, 4.69) is 148 Å². The predicted molar refractivity (Wildman–Crippen MR) is 289 cm³/mol. The largest absolute Gasteiger partial charge is 0.388 e. The molecule has 0 aliphatic carbocycles. The van der Waals surface area contributed by atoms with Crippen LogP contribution in [0.3, 0.4) is 0 Å². The van der Waals surface area contributed by atoms with Crippen LogP contribution in [0.1, 0.15) is 150 Å². The SMILES string of the molecule is CC(C)(C)c1ccc(C(O)CCCN2CCC(C(O)(c3ccccc3)c3ccccc3)CC2)cc1.CC(C)(C)c1ccc(C(O)CCCN2CCC(C(O)(c3ccccc3)c3ccccc3)CC2)cc1.